The molecule has 0 atom stereocenters. The lowest BCUT2D eigenvalue weighted by atomic mass is 9.94. The highest BCUT2D eigenvalue weighted by molar-refractivity contribution is 6.11. The van der Waals surface area contributed by atoms with E-state index >= 15 is 0 Å². The molecule has 10 aromatic carbocycles. The van der Waals surface area contributed by atoms with Gasteiger partial charge in [-0.2, -0.15) is 0 Å². The molecule has 0 spiro atoms. The van der Waals surface area contributed by atoms with Gasteiger partial charge in [0.05, 0.1) is 5.69 Å². The van der Waals surface area contributed by atoms with Crippen LogP contribution in [0.25, 0.3) is 88.6 Å². The summed E-state index contributed by atoms with van der Waals surface area (Å²) in [6.45, 7) is 0. The SMILES string of the molecule is c1ccc(-c2ccc(-c3nc4c(o3)c(-c3cccc(N(c5ccc(-c6ccccc6)cc5)c5ccc6ccccc6c5-c5ccccc5)c3)cc3ccccc34)cc2)cc1. The lowest BCUT2D eigenvalue weighted by Gasteiger charge is -2.29. The van der Waals surface area contributed by atoms with Gasteiger partial charge in [-0.05, 0) is 98.1 Å². The highest BCUT2D eigenvalue weighted by Crippen LogP contribution is 2.46. The van der Waals surface area contributed by atoms with Gasteiger partial charge in [0.25, 0.3) is 0 Å². The highest BCUT2D eigenvalue weighted by Gasteiger charge is 2.22. The summed E-state index contributed by atoms with van der Waals surface area (Å²) < 4.78 is 6.82. The van der Waals surface area contributed by atoms with Crippen molar-refractivity contribution in [1.29, 1.82) is 0 Å². The Bertz CT molecular complexity index is 3280. The van der Waals surface area contributed by atoms with Crippen molar-refractivity contribution in [2.24, 2.45) is 0 Å². The first-order valence-electron chi connectivity index (χ1n) is 20.4. The van der Waals surface area contributed by atoms with Crippen LogP contribution in [0.1, 0.15) is 0 Å². The van der Waals surface area contributed by atoms with Gasteiger partial charge in [0.1, 0.15) is 5.52 Å². The van der Waals surface area contributed by atoms with E-state index in [1.54, 1.807) is 0 Å². The largest absolute Gasteiger partial charge is 0.435 e. The Morgan fingerprint density at radius 2 is 0.883 bits per heavy atom. The minimum absolute atomic E-state index is 0.599. The molecule has 60 heavy (non-hydrogen) atoms. The molecule has 0 fully saturated rings. The van der Waals surface area contributed by atoms with E-state index in [-0.39, 0.29) is 0 Å². The fraction of sp³-hybridized carbons (Fsp3) is 0. The molecular formula is C57H38N2O. The van der Waals surface area contributed by atoms with E-state index in [9.17, 15) is 0 Å². The zero-order valence-corrected chi connectivity index (χ0v) is 32.7. The van der Waals surface area contributed by atoms with E-state index in [2.05, 4.69) is 229 Å². The van der Waals surface area contributed by atoms with Crippen LogP contribution in [-0.2, 0) is 0 Å². The summed E-state index contributed by atoms with van der Waals surface area (Å²) in [6.07, 6.45) is 0. The van der Waals surface area contributed by atoms with Gasteiger partial charge in [0, 0.05) is 33.5 Å². The quantitative estimate of drug-likeness (QED) is 0.154. The molecular weight excluding hydrogens is 729 g/mol. The van der Waals surface area contributed by atoms with Crippen LogP contribution in [-0.4, -0.2) is 4.98 Å². The van der Waals surface area contributed by atoms with E-state index in [1.807, 2.05) is 6.07 Å². The van der Waals surface area contributed by atoms with Gasteiger partial charge < -0.3 is 9.32 Å². The third-order valence-corrected chi connectivity index (χ3v) is 11.5. The maximum Gasteiger partial charge on any atom is 0.227 e. The molecule has 0 N–H and O–H groups in total. The molecule has 0 radical (unpaired) electrons. The van der Waals surface area contributed by atoms with Crippen molar-refractivity contribution < 1.29 is 4.42 Å². The summed E-state index contributed by atoms with van der Waals surface area (Å²) in [5.74, 6) is 0.599. The van der Waals surface area contributed by atoms with E-state index in [0.29, 0.717) is 5.89 Å². The van der Waals surface area contributed by atoms with Crippen molar-refractivity contribution in [1.82, 2.24) is 4.98 Å². The number of fused-ring (bicyclic) bond motifs is 4. The first-order chi connectivity index (χ1) is 29.7. The molecule has 0 unspecified atom stereocenters. The lowest BCUT2D eigenvalue weighted by Crippen LogP contribution is -2.11. The Kier molecular flexibility index (Phi) is 8.83. The molecule has 0 saturated heterocycles. The summed E-state index contributed by atoms with van der Waals surface area (Å²) in [5, 5.41) is 4.57. The van der Waals surface area contributed by atoms with Gasteiger partial charge in [-0.25, -0.2) is 4.98 Å². The van der Waals surface area contributed by atoms with Gasteiger partial charge in [-0.1, -0.05) is 182 Å². The Morgan fingerprint density at radius 1 is 0.350 bits per heavy atom. The molecule has 0 bridgehead atoms. The maximum atomic E-state index is 6.82. The third-order valence-electron chi connectivity index (χ3n) is 11.5. The molecule has 11 aromatic rings. The fourth-order valence-electron chi connectivity index (χ4n) is 8.55. The Balaban J connectivity index is 1.09. The van der Waals surface area contributed by atoms with Gasteiger partial charge in [0.15, 0.2) is 5.58 Å². The van der Waals surface area contributed by atoms with Crippen LogP contribution in [0.4, 0.5) is 17.1 Å². The summed E-state index contributed by atoms with van der Waals surface area (Å²) in [6, 6.07) is 81.8. The van der Waals surface area contributed by atoms with Crippen molar-refractivity contribution in [3.05, 3.63) is 231 Å². The van der Waals surface area contributed by atoms with Crippen molar-refractivity contribution in [3.63, 3.8) is 0 Å². The normalized spacial score (nSPS) is 11.3. The number of benzene rings is 10. The molecule has 11 rings (SSSR count). The minimum atomic E-state index is 0.599. The van der Waals surface area contributed by atoms with Crippen LogP contribution in [0, 0.1) is 0 Å². The summed E-state index contributed by atoms with van der Waals surface area (Å²) in [7, 11) is 0. The third kappa shape index (κ3) is 6.39. The monoisotopic (exact) mass is 766 g/mol. The lowest BCUT2D eigenvalue weighted by molar-refractivity contribution is 0.621. The molecule has 3 nitrogen and oxygen atoms in total. The fourth-order valence-corrected chi connectivity index (χ4v) is 8.55. The molecule has 0 aliphatic rings. The second kappa shape index (κ2) is 15.1. The number of aromatic nitrogens is 1. The number of hydrogen-bond acceptors (Lipinski definition) is 3. The average molecular weight is 767 g/mol. The molecule has 0 aliphatic heterocycles. The first-order valence-corrected chi connectivity index (χ1v) is 20.4. The second-order valence-electron chi connectivity index (χ2n) is 15.1. The van der Waals surface area contributed by atoms with E-state index in [1.165, 1.54) is 33.0 Å². The van der Waals surface area contributed by atoms with Crippen LogP contribution in [0.5, 0.6) is 0 Å². The van der Waals surface area contributed by atoms with Crippen LogP contribution in [0.2, 0.25) is 0 Å². The molecule has 0 aliphatic carbocycles. The molecule has 0 saturated carbocycles. The Morgan fingerprint density at radius 3 is 1.57 bits per heavy atom. The smallest absolute Gasteiger partial charge is 0.227 e. The Labute approximate surface area is 349 Å². The minimum Gasteiger partial charge on any atom is -0.435 e. The van der Waals surface area contributed by atoms with E-state index < -0.39 is 0 Å². The van der Waals surface area contributed by atoms with Crippen LogP contribution in [0.3, 0.4) is 0 Å². The number of oxazole rings is 1. The number of hydrogen-bond donors (Lipinski definition) is 0. The van der Waals surface area contributed by atoms with Gasteiger partial charge in [-0.3, -0.25) is 0 Å². The zero-order chi connectivity index (χ0) is 39.8. The predicted molar refractivity (Wildman–Crippen MR) is 251 cm³/mol. The summed E-state index contributed by atoms with van der Waals surface area (Å²) in [5.41, 5.74) is 14.8. The van der Waals surface area contributed by atoms with Crippen LogP contribution >= 0.6 is 0 Å². The number of rotatable bonds is 8. The van der Waals surface area contributed by atoms with Gasteiger partial charge in [-0.15, -0.1) is 0 Å². The van der Waals surface area contributed by atoms with Crippen LogP contribution in [0.15, 0.2) is 235 Å². The molecule has 3 heteroatoms. The molecule has 282 valence electrons. The summed E-state index contributed by atoms with van der Waals surface area (Å²) in [4.78, 5) is 7.58. The standard InChI is InChI=1S/C57H38N2O/c1-4-15-39(16-5-1)41-27-29-45(30-28-41)57-58-55-51-26-13-11-22-47(51)38-52(56(55)60-57)46-23-14-24-49(37-46)59(48-34-31-42(32-35-48)40-17-6-2-7-18-40)53-36-33-43-19-10-12-25-50(43)54(53)44-20-8-3-9-21-44/h1-38H. The topological polar surface area (TPSA) is 29.3 Å². The Hall–Kier alpha value is -8.01. The van der Waals surface area contributed by atoms with E-state index in [4.69, 9.17) is 9.40 Å². The molecule has 1 aromatic heterocycles. The van der Waals surface area contributed by atoms with Gasteiger partial charge in [0.2, 0.25) is 5.89 Å². The van der Waals surface area contributed by atoms with E-state index in [0.717, 1.165) is 66.8 Å². The average Bonchev–Trinajstić information content (AvgIpc) is 3.79. The maximum absolute atomic E-state index is 6.82. The molecule has 1 heterocycles. The highest BCUT2D eigenvalue weighted by atomic mass is 16.3. The number of nitrogens with zero attached hydrogens (tertiary/aromatic N) is 2. The first kappa shape index (κ1) is 35.2. The second-order valence-corrected chi connectivity index (χ2v) is 15.1. The molecule has 0 amide bonds. The summed E-state index contributed by atoms with van der Waals surface area (Å²) >= 11 is 0. The van der Waals surface area contributed by atoms with Crippen LogP contribution < -0.4 is 4.90 Å². The number of anilines is 3. The van der Waals surface area contributed by atoms with Crippen molar-refractivity contribution >= 4 is 49.7 Å². The van der Waals surface area contributed by atoms with Gasteiger partial charge >= 0.3 is 0 Å². The predicted octanol–water partition coefficient (Wildman–Crippen LogP) is 15.9. The zero-order valence-electron chi connectivity index (χ0n) is 32.7. The van der Waals surface area contributed by atoms with Crippen molar-refractivity contribution in [2.75, 3.05) is 4.90 Å². The van der Waals surface area contributed by atoms with Crippen molar-refractivity contribution in [3.8, 4) is 56.0 Å². The van der Waals surface area contributed by atoms with Crippen molar-refractivity contribution in [2.45, 2.75) is 0 Å².